The van der Waals surface area contributed by atoms with Crippen molar-refractivity contribution in [3.8, 4) is 0 Å². The van der Waals surface area contributed by atoms with E-state index in [2.05, 4.69) is 28.2 Å². The number of azo groups is 1. The van der Waals surface area contributed by atoms with Crippen molar-refractivity contribution in [2.45, 2.75) is 20.3 Å². The van der Waals surface area contributed by atoms with Crippen molar-refractivity contribution in [1.82, 2.24) is 4.98 Å². The first-order chi connectivity index (χ1) is 8.20. The highest BCUT2D eigenvalue weighted by Gasteiger charge is 2.04. The molecule has 1 aromatic heterocycles. The fourth-order valence-electron chi connectivity index (χ4n) is 1.51. The lowest BCUT2D eigenvalue weighted by Crippen LogP contribution is -1.80. The predicted octanol–water partition coefficient (Wildman–Crippen LogP) is 4.01. The highest BCUT2D eigenvalue weighted by Crippen LogP contribution is 2.30. The zero-order chi connectivity index (χ0) is 12.3. The summed E-state index contributed by atoms with van der Waals surface area (Å²) in [6.07, 6.45) is 0.943. The molecule has 0 amide bonds. The fourth-order valence-corrected chi connectivity index (χ4v) is 2.16. The lowest BCUT2D eigenvalue weighted by atomic mass is 10.1. The molecule has 0 aliphatic carbocycles. The van der Waals surface area contributed by atoms with E-state index in [1.54, 1.807) is 0 Å². The van der Waals surface area contributed by atoms with Crippen molar-refractivity contribution in [2.24, 2.45) is 10.2 Å². The fraction of sp³-hybridized carbons (Fsp3) is 0.250. The van der Waals surface area contributed by atoms with Crippen LogP contribution in [0.25, 0.3) is 0 Å². The van der Waals surface area contributed by atoms with Crippen molar-refractivity contribution < 1.29 is 0 Å². The largest absolute Gasteiger partial charge is 0.375 e. The molecule has 0 bridgehead atoms. The second-order valence-corrected chi connectivity index (χ2v) is 4.63. The molecule has 0 aliphatic heterocycles. The normalized spacial score (nSPS) is 11.2. The highest BCUT2D eigenvalue weighted by atomic mass is 32.1. The van der Waals surface area contributed by atoms with Crippen LogP contribution in [-0.4, -0.2) is 4.98 Å². The van der Waals surface area contributed by atoms with Crippen molar-refractivity contribution in [1.29, 1.82) is 0 Å². The van der Waals surface area contributed by atoms with Crippen LogP contribution in [0, 0.1) is 6.92 Å². The molecule has 0 atom stereocenters. The Balaban J connectivity index is 2.29. The standard InChI is InChI=1S/C12H14N4S/c1-3-9-6-4-5-7-10(9)15-16-11-8(2)14-12(13)17-11/h4-7H,3H2,1-2H3,(H2,13,14). The monoisotopic (exact) mass is 246 g/mol. The van der Waals surface area contributed by atoms with Gasteiger partial charge in [-0.15, -0.1) is 10.2 Å². The average molecular weight is 246 g/mol. The van der Waals surface area contributed by atoms with Crippen LogP contribution in [0.15, 0.2) is 34.5 Å². The van der Waals surface area contributed by atoms with Gasteiger partial charge in [0.2, 0.25) is 0 Å². The summed E-state index contributed by atoms with van der Waals surface area (Å²) in [5.74, 6) is 0. The maximum atomic E-state index is 5.61. The average Bonchev–Trinajstić information content (AvgIpc) is 2.65. The van der Waals surface area contributed by atoms with Crippen molar-refractivity contribution in [2.75, 3.05) is 5.73 Å². The summed E-state index contributed by atoms with van der Waals surface area (Å²) < 4.78 is 0. The molecule has 5 heteroatoms. The summed E-state index contributed by atoms with van der Waals surface area (Å²) in [5, 5.41) is 9.77. The van der Waals surface area contributed by atoms with Crippen LogP contribution in [0.1, 0.15) is 18.2 Å². The first kappa shape index (κ1) is 11.7. The van der Waals surface area contributed by atoms with Gasteiger partial charge in [-0.3, -0.25) is 0 Å². The Bertz CT molecular complexity index is 545. The Morgan fingerprint density at radius 1 is 1.29 bits per heavy atom. The molecule has 0 saturated carbocycles. The summed E-state index contributed by atoms with van der Waals surface area (Å²) >= 11 is 1.35. The van der Waals surface area contributed by atoms with Crippen LogP contribution >= 0.6 is 11.3 Å². The summed E-state index contributed by atoms with van der Waals surface area (Å²) in [7, 11) is 0. The first-order valence-electron chi connectivity index (χ1n) is 5.43. The number of hydrogen-bond donors (Lipinski definition) is 1. The molecular formula is C12H14N4S. The van der Waals surface area contributed by atoms with Crippen molar-refractivity contribution >= 4 is 27.2 Å². The number of anilines is 1. The van der Waals surface area contributed by atoms with E-state index in [4.69, 9.17) is 5.73 Å². The third-order valence-electron chi connectivity index (χ3n) is 2.41. The zero-order valence-corrected chi connectivity index (χ0v) is 10.7. The topological polar surface area (TPSA) is 63.6 Å². The lowest BCUT2D eigenvalue weighted by molar-refractivity contribution is 1.10. The Labute approximate surface area is 104 Å². The zero-order valence-electron chi connectivity index (χ0n) is 9.84. The number of rotatable bonds is 3. The van der Waals surface area contributed by atoms with Crippen molar-refractivity contribution in [3.05, 3.63) is 35.5 Å². The SMILES string of the molecule is CCc1ccccc1N=Nc1sc(N)nc1C. The second-order valence-electron chi connectivity index (χ2n) is 3.62. The minimum atomic E-state index is 0.528. The van der Waals surface area contributed by atoms with Gasteiger partial charge in [-0.2, -0.15) is 0 Å². The van der Waals surface area contributed by atoms with E-state index in [1.165, 1.54) is 16.9 Å². The third-order valence-corrected chi connectivity index (χ3v) is 3.28. The van der Waals surface area contributed by atoms with Crippen LogP contribution in [0.5, 0.6) is 0 Å². The minimum Gasteiger partial charge on any atom is -0.375 e. The molecule has 4 nitrogen and oxygen atoms in total. The number of nitrogen functional groups attached to an aromatic ring is 1. The first-order valence-corrected chi connectivity index (χ1v) is 6.25. The minimum absolute atomic E-state index is 0.528. The predicted molar refractivity (Wildman–Crippen MR) is 71.3 cm³/mol. The summed E-state index contributed by atoms with van der Waals surface area (Å²) in [5.41, 5.74) is 8.53. The van der Waals surface area contributed by atoms with E-state index in [-0.39, 0.29) is 0 Å². The van der Waals surface area contributed by atoms with Crippen LogP contribution in [0.3, 0.4) is 0 Å². The Morgan fingerprint density at radius 3 is 2.71 bits per heavy atom. The number of hydrogen-bond acceptors (Lipinski definition) is 5. The van der Waals surface area contributed by atoms with Gasteiger partial charge in [-0.1, -0.05) is 36.5 Å². The molecule has 88 valence electrons. The maximum absolute atomic E-state index is 5.61. The molecule has 1 heterocycles. The molecule has 2 rings (SSSR count). The third kappa shape index (κ3) is 2.68. The molecule has 0 spiro atoms. The lowest BCUT2D eigenvalue weighted by Gasteiger charge is -1.99. The summed E-state index contributed by atoms with van der Waals surface area (Å²) in [6, 6.07) is 7.99. The van der Waals surface area contributed by atoms with E-state index in [0.717, 1.165) is 22.8 Å². The Hall–Kier alpha value is -1.75. The van der Waals surface area contributed by atoms with Gasteiger partial charge in [0, 0.05) is 0 Å². The Kier molecular flexibility index (Phi) is 3.49. The molecule has 2 aromatic rings. The van der Waals surface area contributed by atoms with Crippen LogP contribution in [0.2, 0.25) is 0 Å². The molecule has 17 heavy (non-hydrogen) atoms. The van der Waals surface area contributed by atoms with E-state index in [9.17, 15) is 0 Å². The van der Waals surface area contributed by atoms with Gasteiger partial charge >= 0.3 is 0 Å². The van der Waals surface area contributed by atoms with E-state index < -0.39 is 0 Å². The molecule has 0 saturated heterocycles. The van der Waals surface area contributed by atoms with Crippen LogP contribution in [-0.2, 0) is 6.42 Å². The van der Waals surface area contributed by atoms with Gasteiger partial charge in [0.05, 0.1) is 11.4 Å². The van der Waals surface area contributed by atoms with Crippen molar-refractivity contribution in [3.63, 3.8) is 0 Å². The molecule has 0 unspecified atom stereocenters. The summed E-state index contributed by atoms with van der Waals surface area (Å²) in [6.45, 7) is 3.98. The van der Waals surface area contributed by atoms with E-state index in [0.29, 0.717) is 5.13 Å². The molecule has 1 aromatic carbocycles. The highest BCUT2D eigenvalue weighted by molar-refractivity contribution is 7.19. The summed E-state index contributed by atoms with van der Waals surface area (Å²) in [4.78, 5) is 4.11. The maximum Gasteiger partial charge on any atom is 0.182 e. The molecule has 0 radical (unpaired) electrons. The Morgan fingerprint density at radius 2 is 2.06 bits per heavy atom. The molecular weight excluding hydrogens is 232 g/mol. The molecule has 2 N–H and O–H groups in total. The number of nitrogens with two attached hydrogens (primary N) is 1. The molecule has 0 fully saturated rings. The van der Waals surface area contributed by atoms with Gasteiger partial charge in [-0.25, -0.2) is 4.98 Å². The molecule has 0 aliphatic rings. The number of benzene rings is 1. The quantitative estimate of drug-likeness (QED) is 0.831. The number of aryl methyl sites for hydroxylation is 2. The number of nitrogens with zero attached hydrogens (tertiary/aromatic N) is 3. The van der Waals surface area contributed by atoms with Gasteiger partial charge < -0.3 is 5.73 Å². The van der Waals surface area contributed by atoms with Crippen LogP contribution in [0.4, 0.5) is 15.8 Å². The number of aromatic nitrogens is 1. The van der Waals surface area contributed by atoms with Gasteiger partial charge in [0.15, 0.2) is 10.1 Å². The van der Waals surface area contributed by atoms with E-state index in [1.807, 2.05) is 25.1 Å². The van der Waals surface area contributed by atoms with Gasteiger partial charge in [-0.05, 0) is 25.0 Å². The van der Waals surface area contributed by atoms with E-state index >= 15 is 0 Å². The smallest absolute Gasteiger partial charge is 0.182 e. The van der Waals surface area contributed by atoms with Gasteiger partial charge in [0.1, 0.15) is 0 Å². The van der Waals surface area contributed by atoms with Crippen LogP contribution < -0.4 is 5.73 Å². The number of thiazole rings is 1. The second kappa shape index (κ2) is 5.05. The van der Waals surface area contributed by atoms with Gasteiger partial charge in [0.25, 0.3) is 0 Å².